The Morgan fingerprint density at radius 3 is 2.85 bits per heavy atom. The molecule has 5 unspecified atom stereocenters. The van der Waals surface area contributed by atoms with E-state index in [9.17, 15) is 4.79 Å². The zero-order valence-electron chi connectivity index (χ0n) is 12.1. The summed E-state index contributed by atoms with van der Waals surface area (Å²) in [5.74, 6) is 1.33. The summed E-state index contributed by atoms with van der Waals surface area (Å²) in [6.45, 7) is 2.90. The number of ether oxygens (including phenoxy) is 2. The smallest absolute Gasteiger partial charge is 0.224 e. The molecule has 0 aromatic rings. The van der Waals surface area contributed by atoms with Crippen LogP contribution in [0, 0.1) is 17.8 Å². The van der Waals surface area contributed by atoms with Gasteiger partial charge in [-0.3, -0.25) is 4.79 Å². The van der Waals surface area contributed by atoms with Crippen molar-refractivity contribution in [3.05, 3.63) is 0 Å². The second-order valence-corrected chi connectivity index (χ2v) is 6.44. The van der Waals surface area contributed by atoms with E-state index >= 15 is 0 Å². The molecule has 1 heterocycles. The van der Waals surface area contributed by atoms with Crippen LogP contribution >= 0.6 is 0 Å². The standard InChI is InChI=1S/C15H26N2O3/c16-14-11-3-2-10(8-11)13(14)15(18)17-5-1-6-20-12-4-7-19-9-12/h10-14H,1-9,16H2,(H,17,18). The molecule has 20 heavy (non-hydrogen) atoms. The number of fused-ring (bicyclic) bond motifs is 2. The summed E-state index contributed by atoms with van der Waals surface area (Å²) in [5, 5.41) is 3.04. The maximum Gasteiger partial charge on any atom is 0.224 e. The van der Waals surface area contributed by atoms with Crippen LogP contribution in [0.1, 0.15) is 32.1 Å². The van der Waals surface area contributed by atoms with Gasteiger partial charge in [-0.2, -0.15) is 0 Å². The molecule has 3 N–H and O–H groups in total. The molecule has 1 aliphatic heterocycles. The topological polar surface area (TPSA) is 73.6 Å². The van der Waals surface area contributed by atoms with Crippen LogP contribution in [0.5, 0.6) is 0 Å². The van der Waals surface area contributed by atoms with E-state index in [4.69, 9.17) is 15.2 Å². The maximum absolute atomic E-state index is 12.2. The Morgan fingerprint density at radius 1 is 1.30 bits per heavy atom. The van der Waals surface area contributed by atoms with Crippen LogP contribution in [0.4, 0.5) is 0 Å². The van der Waals surface area contributed by atoms with E-state index in [1.807, 2.05) is 0 Å². The summed E-state index contributed by atoms with van der Waals surface area (Å²) in [5.41, 5.74) is 6.18. The van der Waals surface area contributed by atoms with Crippen molar-refractivity contribution in [2.45, 2.75) is 44.2 Å². The molecule has 5 heteroatoms. The highest BCUT2D eigenvalue weighted by molar-refractivity contribution is 5.80. The monoisotopic (exact) mass is 282 g/mol. The molecule has 1 saturated heterocycles. The molecule has 1 amide bonds. The average Bonchev–Trinajstić information content (AvgIpc) is 3.14. The average molecular weight is 282 g/mol. The van der Waals surface area contributed by atoms with Gasteiger partial charge in [0.15, 0.2) is 0 Å². The molecule has 114 valence electrons. The molecule has 0 spiro atoms. The molecular weight excluding hydrogens is 256 g/mol. The number of rotatable bonds is 6. The highest BCUT2D eigenvalue weighted by atomic mass is 16.5. The fourth-order valence-corrected chi connectivity index (χ4v) is 4.02. The lowest BCUT2D eigenvalue weighted by atomic mass is 9.84. The van der Waals surface area contributed by atoms with Crippen molar-refractivity contribution < 1.29 is 14.3 Å². The summed E-state index contributed by atoms with van der Waals surface area (Å²) < 4.78 is 10.9. The van der Waals surface area contributed by atoms with E-state index in [-0.39, 0.29) is 24.0 Å². The number of nitrogens with one attached hydrogen (secondary N) is 1. The first-order valence-electron chi connectivity index (χ1n) is 7.98. The van der Waals surface area contributed by atoms with Gasteiger partial charge in [-0.1, -0.05) is 0 Å². The van der Waals surface area contributed by atoms with Crippen molar-refractivity contribution in [3.8, 4) is 0 Å². The number of carbonyl (C=O) groups is 1. The molecule has 0 aromatic heterocycles. The summed E-state index contributed by atoms with van der Waals surface area (Å²) >= 11 is 0. The van der Waals surface area contributed by atoms with Gasteiger partial charge in [0.1, 0.15) is 0 Å². The Hall–Kier alpha value is -0.650. The minimum Gasteiger partial charge on any atom is -0.379 e. The van der Waals surface area contributed by atoms with Gasteiger partial charge in [-0.15, -0.1) is 0 Å². The number of amides is 1. The maximum atomic E-state index is 12.2. The third-order valence-electron chi connectivity index (χ3n) is 5.15. The predicted octanol–water partition coefficient (Wildman–Crippen LogP) is 0.672. The molecule has 5 atom stereocenters. The van der Waals surface area contributed by atoms with Gasteiger partial charge in [0.25, 0.3) is 0 Å². The van der Waals surface area contributed by atoms with Crippen LogP contribution in [0.2, 0.25) is 0 Å². The Bertz CT molecular complexity index is 342. The molecule has 0 aromatic carbocycles. The van der Waals surface area contributed by atoms with Gasteiger partial charge in [0, 0.05) is 25.8 Å². The van der Waals surface area contributed by atoms with Gasteiger partial charge in [-0.05, 0) is 43.9 Å². The van der Waals surface area contributed by atoms with Crippen LogP contribution in [0.15, 0.2) is 0 Å². The molecule has 2 aliphatic carbocycles. The lowest BCUT2D eigenvalue weighted by Gasteiger charge is -2.27. The second-order valence-electron chi connectivity index (χ2n) is 6.44. The number of carbonyl (C=O) groups excluding carboxylic acids is 1. The normalized spacial score (nSPS) is 39.4. The lowest BCUT2D eigenvalue weighted by molar-refractivity contribution is -0.127. The Morgan fingerprint density at radius 2 is 2.15 bits per heavy atom. The number of hydrogen-bond acceptors (Lipinski definition) is 4. The minimum atomic E-state index is 0.0536. The Kier molecular flexibility index (Phi) is 4.58. The fraction of sp³-hybridized carbons (Fsp3) is 0.933. The Balaban J connectivity index is 1.31. The van der Waals surface area contributed by atoms with Crippen molar-refractivity contribution in [2.75, 3.05) is 26.4 Å². The highest BCUT2D eigenvalue weighted by Crippen LogP contribution is 2.47. The zero-order chi connectivity index (χ0) is 13.9. The van der Waals surface area contributed by atoms with Crippen LogP contribution in [-0.4, -0.2) is 44.4 Å². The second kappa shape index (κ2) is 6.41. The van der Waals surface area contributed by atoms with E-state index in [0.29, 0.717) is 31.6 Å². The quantitative estimate of drug-likeness (QED) is 0.702. The van der Waals surface area contributed by atoms with Crippen molar-refractivity contribution in [1.29, 1.82) is 0 Å². The van der Waals surface area contributed by atoms with Crippen LogP contribution in [0.25, 0.3) is 0 Å². The molecule has 3 rings (SSSR count). The van der Waals surface area contributed by atoms with Crippen molar-refractivity contribution in [2.24, 2.45) is 23.5 Å². The van der Waals surface area contributed by atoms with Crippen LogP contribution < -0.4 is 11.1 Å². The predicted molar refractivity (Wildman–Crippen MR) is 75.1 cm³/mol. The molecule has 3 fully saturated rings. The van der Waals surface area contributed by atoms with Gasteiger partial charge in [0.2, 0.25) is 5.91 Å². The van der Waals surface area contributed by atoms with Crippen molar-refractivity contribution in [3.63, 3.8) is 0 Å². The highest BCUT2D eigenvalue weighted by Gasteiger charge is 2.48. The van der Waals surface area contributed by atoms with E-state index in [1.54, 1.807) is 0 Å². The third kappa shape index (κ3) is 3.00. The number of hydrogen-bond donors (Lipinski definition) is 2. The Labute approximate surface area is 120 Å². The molecule has 2 saturated carbocycles. The SMILES string of the molecule is NC1C2CCC(C2)C1C(=O)NCCCOC1CCOC1. The van der Waals surface area contributed by atoms with Gasteiger partial charge in [-0.25, -0.2) is 0 Å². The summed E-state index contributed by atoms with van der Waals surface area (Å²) in [6, 6.07) is 0.0839. The zero-order valence-corrected chi connectivity index (χ0v) is 12.1. The number of nitrogens with two attached hydrogens (primary N) is 1. The summed E-state index contributed by atoms with van der Waals surface area (Å²) in [6.07, 6.45) is 5.66. The first-order valence-corrected chi connectivity index (χ1v) is 7.98. The first kappa shape index (κ1) is 14.3. The molecular formula is C15H26N2O3. The molecule has 2 bridgehead atoms. The minimum absolute atomic E-state index is 0.0536. The van der Waals surface area contributed by atoms with Gasteiger partial charge >= 0.3 is 0 Å². The van der Waals surface area contributed by atoms with E-state index in [0.717, 1.165) is 25.9 Å². The van der Waals surface area contributed by atoms with Gasteiger partial charge < -0.3 is 20.5 Å². The molecule has 0 radical (unpaired) electrons. The van der Waals surface area contributed by atoms with Crippen LogP contribution in [-0.2, 0) is 14.3 Å². The lowest BCUT2D eigenvalue weighted by Crippen LogP contribution is -2.45. The molecule has 5 nitrogen and oxygen atoms in total. The van der Waals surface area contributed by atoms with Crippen LogP contribution in [0.3, 0.4) is 0 Å². The summed E-state index contributed by atoms with van der Waals surface area (Å²) in [4.78, 5) is 12.2. The summed E-state index contributed by atoms with van der Waals surface area (Å²) in [7, 11) is 0. The van der Waals surface area contributed by atoms with E-state index in [1.165, 1.54) is 12.8 Å². The van der Waals surface area contributed by atoms with Crippen molar-refractivity contribution in [1.82, 2.24) is 5.32 Å². The fourth-order valence-electron chi connectivity index (χ4n) is 4.02. The van der Waals surface area contributed by atoms with E-state index in [2.05, 4.69) is 5.32 Å². The van der Waals surface area contributed by atoms with Crippen molar-refractivity contribution >= 4 is 5.91 Å². The van der Waals surface area contributed by atoms with Gasteiger partial charge in [0.05, 0.1) is 18.6 Å². The first-order chi connectivity index (χ1) is 9.75. The third-order valence-corrected chi connectivity index (χ3v) is 5.15. The largest absolute Gasteiger partial charge is 0.379 e. The molecule has 3 aliphatic rings. The van der Waals surface area contributed by atoms with E-state index < -0.39 is 0 Å².